The summed E-state index contributed by atoms with van der Waals surface area (Å²) in [4.78, 5) is 28.0. The number of ether oxygens (including phenoxy) is 1. The fraction of sp³-hybridized carbons (Fsp3) is 0.241. The first-order chi connectivity index (χ1) is 16.6. The molecule has 1 heterocycles. The number of hydrogen-bond acceptors (Lipinski definition) is 4. The van der Waals surface area contributed by atoms with Gasteiger partial charge in [0.1, 0.15) is 11.5 Å². The summed E-state index contributed by atoms with van der Waals surface area (Å²) >= 11 is 6.01. The van der Waals surface area contributed by atoms with Crippen molar-refractivity contribution >= 4 is 34.7 Å². The van der Waals surface area contributed by atoms with E-state index in [-0.39, 0.29) is 16.7 Å². The molecule has 0 bridgehead atoms. The third-order valence-corrected chi connectivity index (χ3v) is 6.33. The van der Waals surface area contributed by atoms with Crippen molar-refractivity contribution in [3.8, 4) is 5.75 Å². The topological polar surface area (TPSA) is 66.8 Å². The molecule has 0 aromatic heterocycles. The van der Waals surface area contributed by atoms with Crippen molar-refractivity contribution in [1.29, 1.82) is 0 Å². The second-order valence-corrected chi connectivity index (χ2v) is 9.91. The summed E-state index contributed by atoms with van der Waals surface area (Å²) in [6, 6.07) is 20.5. The van der Waals surface area contributed by atoms with Crippen LogP contribution in [-0.4, -0.2) is 23.4 Å². The minimum atomic E-state index is -0.794. The molecule has 1 unspecified atom stereocenters. The largest absolute Gasteiger partial charge is 0.507 e. The molecule has 1 aliphatic heterocycles. The van der Waals surface area contributed by atoms with Gasteiger partial charge in [0.15, 0.2) is 0 Å². The van der Waals surface area contributed by atoms with Gasteiger partial charge in [-0.25, -0.2) is 0 Å². The predicted octanol–water partition coefficient (Wildman–Crippen LogP) is 6.66. The molecule has 1 N–H and O–H groups in total. The molecule has 3 aromatic carbocycles. The van der Waals surface area contributed by atoms with E-state index in [1.165, 1.54) is 4.90 Å². The lowest BCUT2D eigenvalue weighted by Crippen LogP contribution is -2.29. The monoisotopic (exact) mass is 489 g/mol. The zero-order valence-electron chi connectivity index (χ0n) is 20.2. The van der Waals surface area contributed by atoms with Gasteiger partial charge in [-0.1, -0.05) is 56.6 Å². The maximum absolute atomic E-state index is 13.3. The van der Waals surface area contributed by atoms with E-state index in [2.05, 4.69) is 20.8 Å². The average Bonchev–Trinajstić information content (AvgIpc) is 3.10. The molecule has 35 heavy (non-hydrogen) atoms. The van der Waals surface area contributed by atoms with Crippen LogP contribution in [0.5, 0.6) is 5.75 Å². The number of carbonyl (C=O) groups is 2. The highest BCUT2D eigenvalue weighted by atomic mass is 35.5. The molecule has 0 radical (unpaired) electrons. The molecular formula is C29H28ClNO4. The van der Waals surface area contributed by atoms with E-state index in [0.717, 1.165) is 11.1 Å². The molecule has 1 atom stereocenters. The fourth-order valence-corrected chi connectivity index (χ4v) is 4.34. The van der Waals surface area contributed by atoms with Gasteiger partial charge in [-0.05, 0) is 72.0 Å². The molecule has 1 saturated heterocycles. The van der Waals surface area contributed by atoms with Gasteiger partial charge in [0.25, 0.3) is 11.7 Å². The van der Waals surface area contributed by atoms with Crippen molar-refractivity contribution in [2.24, 2.45) is 0 Å². The normalized spacial score (nSPS) is 17.6. The number of Topliss-reactive ketones (excluding diaryl/α,β-unsaturated/α-hetero) is 1. The number of carbonyl (C=O) groups excluding carboxylic acids is 2. The summed E-state index contributed by atoms with van der Waals surface area (Å²) in [5, 5.41) is 11.7. The third-order valence-electron chi connectivity index (χ3n) is 6.08. The van der Waals surface area contributed by atoms with Gasteiger partial charge in [-0.15, -0.1) is 0 Å². The van der Waals surface area contributed by atoms with E-state index in [4.69, 9.17) is 16.3 Å². The van der Waals surface area contributed by atoms with Gasteiger partial charge in [0.2, 0.25) is 0 Å². The van der Waals surface area contributed by atoms with E-state index < -0.39 is 17.7 Å². The molecule has 0 spiro atoms. The number of nitrogens with zero attached hydrogens (tertiary/aromatic N) is 1. The highest BCUT2D eigenvalue weighted by molar-refractivity contribution is 6.51. The van der Waals surface area contributed by atoms with Crippen molar-refractivity contribution in [3.05, 3.63) is 100 Å². The number of hydrogen-bond donors (Lipinski definition) is 1. The van der Waals surface area contributed by atoms with Crippen LogP contribution in [0.25, 0.3) is 5.76 Å². The van der Waals surface area contributed by atoms with Crippen LogP contribution in [-0.2, 0) is 15.0 Å². The van der Waals surface area contributed by atoms with E-state index in [1.807, 2.05) is 31.2 Å². The van der Waals surface area contributed by atoms with Gasteiger partial charge >= 0.3 is 0 Å². The van der Waals surface area contributed by atoms with Crippen molar-refractivity contribution in [2.45, 2.75) is 39.2 Å². The van der Waals surface area contributed by atoms with Crippen LogP contribution in [0.15, 0.2) is 78.4 Å². The first-order valence-corrected chi connectivity index (χ1v) is 11.9. The number of aliphatic hydroxyl groups excluding tert-OH is 1. The quantitative estimate of drug-likeness (QED) is 0.247. The van der Waals surface area contributed by atoms with Gasteiger partial charge in [-0.2, -0.15) is 0 Å². The van der Waals surface area contributed by atoms with E-state index in [1.54, 1.807) is 48.5 Å². The molecule has 180 valence electrons. The molecule has 6 heteroatoms. The van der Waals surface area contributed by atoms with Crippen molar-refractivity contribution < 1.29 is 19.4 Å². The number of amides is 1. The zero-order valence-corrected chi connectivity index (χ0v) is 21.0. The highest BCUT2D eigenvalue weighted by Gasteiger charge is 2.47. The van der Waals surface area contributed by atoms with Crippen molar-refractivity contribution in [1.82, 2.24) is 0 Å². The lowest BCUT2D eigenvalue weighted by atomic mass is 9.85. The van der Waals surface area contributed by atoms with Crippen LogP contribution in [0.4, 0.5) is 5.69 Å². The smallest absolute Gasteiger partial charge is 0.300 e. The molecular weight excluding hydrogens is 462 g/mol. The second kappa shape index (κ2) is 9.59. The van der Waals surface area contributed by atoms with Gasteiger partial charge in [0.05, 0.1) is 18.2 Å². The summed E-state index contributed by atoms with van der Waals surface area (Å²) in [6.07, 6.45) is 0. The Morgan fingerprint density at radius 2 is 1.54 bits per heavy atom. The zero-order chi connectivity index (χ0) is 25.3. The Kier molecular flexibility index (Phi) is 6.73. The van der Waals surface area contributed by atoms with Crippen LogP contribution in [0.1, 0.15) is 50.4 Å². The SMILES string of the molecule is CCOc1ccc(N2C(=O)C(=O)/C(=C(\O)c3ccc(Cl)cc3)C2c2ccc(C(C)(C)C)cc2)cc1. The van der Waals surface area contributed by atoms with Crippen LogP contribution in [0.2, 0.25) is 5.02 Å². The predicted molar refractivity (Wildman–Crippen MR) is 139 cm³/mol. The summed E-state index contributed by atoms with van der Waals surface area (Å²) in [7, 11) is 0. The minimum Gasteiger partial charge on any atom is -0.507 e. The van der Waals surface area contributed by atoms with Gasteiger partial charge in [-0.3, -0.25) is 14.5 Å². The van der Waals surface area contributed by atoms with Crippen molar-refractivity contribution in [3.63, 3.8) is 0 Å². The Morgan fingerprint density at radius 1 is 0.943 bits per heavy atom. The second-order valence-electron chi connectivity index (χ2n) is 9.47. The molecule has 1 amide bonds. The first-order valence-electron chi connectivity index (χ1n) is 11.5. The standard InChI is InChI=1S/C29H28ClNO4/c1-5-35-23-16-14-22(15-17-23)31-25(18-6-10-20(11-7-18)29(2,3)4)24(27(33)28(31)34)26(32)19-8-12-21(30)13-9-19/h6-17,25,32H,5H2,1-4H3/b26-24-. The summed E-state index contributed by atoms with van der Waals surface area (Å²) in [5.74, 6) is -1.01. The van der Waals surface area contributed by atoms with E-state index in [9.17, 15) is 14.7 Å². The number of rotatable bonds is 5. The van der Waals surface area contributed by atoms with E-state index in [0.29, 0.717) is 28.6 Å². The van der Waals surface area contributed by atoms with Crippen LogP contribution >= 0.6 is 11.6 Å². The van der Waals surface area contributed by atoms with Crippen LogP contribution in [0.3, 0.4) is 0 Å². The molecule has 4 rings (SSSR count). The third kappa shape index (κ3) is 4.82. The Morgan fingerprint density at radius 3 is 2.09 bits per heavy atom. The number of ketones is 1. The lowest BCUT2D eigenvalue weighted by Gasteiger charge is -2.26. The summed E-state index contributed by atoms with van der Waals surface area (Å²) < 4.78 is 5.52. The molecule has 0 aliphatic carbocycles. The Bertz CT molecular complexity index is 1270. The minimum absolute atomic E-state index is 0.0368. The molecule has 3 aromatic rings. The summed E-state index contributed by atoms with van der Waals surface area (Å²) in [5.41, 5.74) is 2.78. The van der Waals surface area contributed by atoms with Crippen molar-refractivity contribution in [2.75, 3.05) is 11.5 Å². The first kappa shape index (κ1) is 24.6. The highest BCUT2D eigenvalue weighted by Crippen LogP contribution is 2.43. The Labute approximate surface area is 210 Å². The van der Waals surface area contributed by atoms with Crippen LogP contribution < -0.4 is 9.64 Å². The summed E-state index contributed by atoms with van der Waals surface area (Å²) in [6.45, 7) is 8.77. The number of anilines is 1. The fourth-order valence-electron chi connectivity index (χ4n) is 4.21. The van der Waals surface area contributed by atoms with Crippen LogP contribution in [0, 0.1) is 0 Å². The Balaban J connectivity index is 1.88. The molecule has 5 nitrogen and oxygen atoms in total. The number of aliphatic hydroxyl groups is 1. The number of benzene rings is 3. The van der Waals surface area contributed by atoms with E-state index >= 15 is 0 Å². The molecule has 1 aliphatic rings. The maximum Gasteiger partial charge on any atom is 0.300 e. The molecule has 1 fully saturated rings. The Hall–Kier alpha value is -3.57. The lowest BCUT2D eigenvalue weighted by molar-refractivity contribution is -0.132. The maximum atomic E-state index is 13.3. The van der Waals surface area contributed by atoms with Gasteiger partial charge < -0.3 is 9.84 Å². The van der Waals surface area contributed by atoms with Gasteiger partial charge in [0, 0.05) is 16.3 Å². The molecule has 0 saturated carbocycles. The number of halogens is 1. The average molecular weight is 490 g/mol.